The summed E-state index contributed by atoms with van der Waals surface area (Å²) in [4.78, 5) is 14.6. The first kappa shape index (κ1) is 20.5. The van der Waals surface area contributed by atoms with E-state index in [-0.39, 0.29) is 30.3 Å². The number of hydrogen-bond acceptors (Lipinski definition) is 2. The molecule has 1 amide bonds. The number of benzene rings is 2. The lowest BCUT2D eigenvalue weighted by Crippen LogP contribution is -2.51. The van der Waals surface area contributed by atoms with Gasteiger partial charge in [0, 0.05) is 6.04 Å². The first-order valence-corrected chi connectivity index (χ1v) is 10.2. The van der Waals surface area contributed by atoms with Crippen LogP contribution in [0.4, 0.5) is 18.0 Å². The second kappa shape index (κ2) is 8.17. The van der Waals surface area contributed by atoms with E-state index in [2.05, 4.69) is 0 Å². The zero-order chi connectivity index (χ0) is 21.3. The molecule has 0 N–H and O–H groups in total. The Kier molecular flexibility index (Phi) is 5.58. The van der Waals surface area contributed by atoms with Crippen LogP contribution in [0.25, 0.3) is 5.57 Å². The fourth-order valence-corrected chi connectivity index (χ4v) is 4.50. The minimum Gasteiger partial charge on any atom is -0.445 e. The Morgan fingerprint density at radius 1 is 1.13 bits per heavy atom. The highest BCUT2D eigenvalue weighted by atomic mass is 19.4. The lowest BCUT2D eigenvalue weighted by Gasteiger charge is -2.44. The SMILES string of the molecule is Cc1cc(C2=CC3CCCC(C2)N3C(=O)OCc2ccccc2)ccc1C(F)(F)F. The summed E-state index contributed by atoms with van der Waals surface area (Å²) in [6.07, 6.45) is 0.705. The van der Waals surface area contributed by atoms with Crippen LogP contribution in [0.3, 0.4) is 0 Å². The van der Waals surface area contributed by atoms with E-state index in [4.69, 9.17) is 4.74 Å². The molecule has 0 saturated carbocycles. The van der Waals surface area contributed by atoms with Crippen molar-refractivity contribution in [1.82, 2.24) is 4.90 Å². The largest absolute Gasteiger partial charge is 0.445 e. The molecule has 30 heavy (non-hydrogen) atoms. The van der Waals surface area contributed by atoms with Crippen molar-refractivity contribution in [3.8, 4) is 0 Å². The molecule has 2 aromatic rings. The number of nitrogens with zero attached hydrogens (tertiary/aromatic N) is 1. The van der Waals surface area contributed by atoms with E-state index in [1.54, 1.807) is 12.1 Å². The Bertz CT molecular complexity index is 953. The summed E-state index contributed by atoms with van der Waals surface area (Å²) in [7, 11) is 0. The number of alkyl halides is 3. The maximum atomic E-state index is 13.1. The molecule has 2 bridgehead atoms. The zero-order valence-corrected chi connectivity index (χ0v) is 16.8. The van der Waals surface area contributed by atoms with Crippen LogP contribution in [0.15, 0.2) is 54.6 Å². The van der Waals surface area contributed by atoms with Gasteiger partial charge >= 0.3 is 12.3 Å². The molecule has 1 saturated heterocycles. The summed E-state index contributed by atoms with van der Waals surface area (Å²) in [6.45, 7) is 1.72. The molecule has 4 rings (SSSR count). The number of halogens is 3. The van der Waals surface area contributed by atoms with E-state index in [0.717, 1.165) is 42.0 Å². The Morgan fingerprint density at radius 2 is 1.90 bits per heavy atom. The molecule has 2 aliphatic rings. The molecule has 158 valence electrons. The minimum atomic E-state index is -4.35. The normalized spacial score (nSPS) is 21.2. The Hall–Kier alpha value is -2.76. The highest BCUT2D eigenvalue weighted by Crippen LogP contribution is 2.39. The Balaban J connectivity index is 1.52. The van der Waals surface area contributed by atoms with Crippen LogP contribution in [0.1, 0.15) is 47.9 Å². The van der Waals surface area contributed by atoms with Crippen LogP contribution in [-0.4, -0.2) is 23.1 Å². The average Bonchev–Trinajstić information content (AvgIpc) is 2.70. The summed E-state index contributed by atoms with van der Waals surface area (Å²) in [5.74, 6) is 0. The standard InChI is InChI=1S/C24H24F3NO2/c1-16-12-18(10-11-22(16)24(25,26)27)19-13-20-8-5-9-21(14-19)28(20)23(29)30-15-17-6-3-2-4-7-17/h2-4,6-7,10-13,20-21H,5,8-9,14-15H2,1H3. The van der Waals surface area contributed by atoms with E-state index in [1.807, 2.05) is 41.3 Å². The molecule has 2 aromatic carbocycles. The van der Waals surface area contributed by atoms with Crippen molar-refractivity contribution >= 4 is 11.7 Å². The van der Waals surface area contributed by atoms with Gasteiger partial charge in [-0.25, -0.2) is 4.79 Å². The summed E-state index contributed by atoms with van der Waals surface area (Å²) in [5.41, 5.74) is 2.36. The van der Waals surface area contributed by atoms with Gasteiger partial charge in [0.15, 0.2) is 0 Å². The van der Waals surface area contributed by atoms with Gasteiger partial charge in [-0.3, -0.25) is 4.90 Å². The van der Waals surface area contributed by atoms with Crippen LogP contribution in [-0.2, 0) is 17.5 Å². The average molecular weight is 415 g/mol. The lowest BCUT2D eigenvalue weighted by molar-refractivity contribution is -0.138. The molecule has 1 fully saturated rings. The molecule has 0 radical (unpaired) electrons. The highest BCUT2D eigenvalue weighted by molar-refractivity contribution is 5.75. The maximum absolute atomic E-state index is 13.1. The van der Waals surface area contributed by atoms with Crippen LogP contribution in [0, 0.1) is 6.92 Å². The topological polar surface area (TPSA) is 29.5 Å². The molecule has 2 atom stereocenters. The van der Waals surface area contributed by atoms with E-state index in [0.29, 0.717) is 6.42 Å². The van der Waals surface area contributed by atoms with Gasteiger partial charge < -0.3 is 4.74 Å². The van der Waals surface area contributed by atoms with Crippen molar-refractivity contribution in [3.63, 3.8) is 0 Å². The number of carbonyl (C=O) groups is 1. The number of ether oxygens (including phenoxy) is 1. The molecule has 0 aromatic heterocycles. The first-order valence-electron chi connectivity index (χ1n) is 10.2. The summed E-state index contributed by atoms with van der Waals surface area (Å²) < 4.78 is 44.8. The molecule has 2 aliphatic heterocycles. The first-order chi connectivity index (χ1) is 14.3. The monoisotopic (exact) mass is 415 g/mol. The number of piperidine rings is 1. The Morgan fingerprint density at radius 3 is 2.57 bits per heavy atom. The van der Waals surface area contributed by atoms with Gasteiger partial charge in [-0.2, -0.15) is 13.2 Å². The molecule has 0 aliphatic carbocycles. The van der Waals surface area contributed by atoms with E-state index < -0.39 is 11.7 Å². The molecule has 0 spiro atoms. The Labute approximate surface area is 174 Å². The number of hydrogen-bond donors (Lipinski definition) is 0. The van der Waals surface area contributed by atoms with Crippen molar-refractivity contribution in [2.45, 2.75) is 57.5 Å². The smallest absolute Gasteiger partial charge is 0.416 e. The number of rotatable bonds is 3. The fraction of sp³-hybridized carbons (Fsp3) is 0.375. The number of carbonyl (C=O) groups excluding carboxylic acids is 1. The van der Waals surface area contributed by atoms with Gasteiger partial charge in [0.1, 0.15) is 6.61 Å². The fourth-order valence-electron chi connectivity index (χ4n) is 4.50. The van der Waals surface area contributed by atoms with Gasteiger partial charge in [-0.15, -0.1) is 0 Å². The third kappa shape index (κ3) is 4.23. The second-order valence-electron chi connectivity index (χ2n) is 8.02. The third-order valence-corrected chi connectivity index (χ3v) is 5.96. The van der Waals surface area contributed by atoms with E-state index in [9.17, 15) is 18.0 Å². The quantitative estimate of drug-likeness (QED) is 0.584. The molecular weight excluding hydrogens is 391 g/mol. The molecule has 3 nitrogen and oxygen atoms in total. The van der Waals surface area contributed by atoms with Crippen molar-refractivity contribution in [1.29, 1.82) is 0 Å². The third-order valence-electron chi connectivity index (χ3n) is 5.96. The van der Waals surface area contributed by atoms with Crippen molar-refractivity contribution in [2.24, 2.45) is 0 Å². The predicted octanol–water partition coefficient (Wildman–Crippen LogP) is 6.36. The van der Waals surface area contributed by atoms with E-state index in [1.165, 1.54) is 6.92 Å². The molecule has 2 unspecified atom stereocenters. The van der Waals surface area contributed by atoms with Crippen LogP contribution < -0.4 is 0 Å². The molecular formula is C24H24F3NO2. The zero-order valence-electron chi connectivity index (χ0n) is 16.8. The summed E-state index contributed by atoms with van der Waals surface area (Å²) >= 11 is 0. The summed E-state index contributed by atoms with van der Waals surface area (Å²) in [5, 5.41) is 0. The lowest BCUT2D eigenvalue weighted by atomic mass is 9.82. The van der Waals surface area contributed by atoms with Gasteiger partial charge in [0.05, 0.1) is 11.6 Å². The van der Waals surface area contributed by atoms with Crippen LogP contribution in [0.2, 0.25) is 0 Å². The number of fused-ring (bicyclic) bond motifs is 2. The van der Waals surface area contributed by atoms with Gasteiger partial charge in [-0.1, -0.05) is 48.5 Å². The van der Waals surface area contributed by atoms with Gasteiger partial charge in [0.2, 0.25) is 0 Å². The van der Waals surface area contributed by atoms with Crippen LogP contribution >= 0.6 is 0 Å². The maximum Gasteiger partial charge on any atom is 0.416 e. The van der Waals surface area contributed by atoms with Crippen molar-refractivity contribution < 1.29 is 22.7 Å². The van der Waals surface area contributed by atoms with Crippen molar-refractivity contribution in [3.05, 3.63) is 76.9 Å². The van der Waals surface area contributed by atoms with Gasteiger partial charge in [0.25, 0.3) is 0 Å². The molecule has 6 heteroatoms. The number of amides is 1. The van der Waals surface area contributed by atoms with Crippen molar-refractivity contribution in [2.75, 3.05) is 0 Å². The van der Waals surface area contributed by atoms with Gasteiger partial charge in [-0.05, 0) is 60.9 Å². The minimum absolute atomic E-state index is 0.00891. The predicted molar refractivity (Wildman–Crippen MR) is 109 cm³/mol. The summed E-state index contributed by atoms with van der Waals surface area (Å²) in [6, 6.07) is 13.8. The highest BCUT2D eigenvalue weighted by Gasteiger charge is 2.38. The van der Waals surface area contributed by atoms with Crippen LogP contribution in [0.5, 0.6) is 0 Å². The second-order valence-corrected chi connectivity index (χ2v) is 8.02. The van der Waals surface area contributed by atoms with E-state index >= 15 is 0 Å². The number of aryl methyl sites for hydroxylation is 1. The molecule has 2 heterocycles.